The van der Waals surface area contributed by atoms with Gasteiger partial charge in [-0.3, -0.25) is 20.5 Å². The van der Waals surface area contributed by atoms with Gasteiger partial charge in [0.25, 0.3) is 0 Å². The van der Waals surface area contributed by atoms with Crippen LogP contribution in [0.25, 0.3) is 0 Å². The fourth-order valence-electron chi connectivity index (χ4n) is 6.28. The van der Waals surface area contributed by atoms with E-state index in [2.05, 4.69) is 86.4 Å². The molecule has 0 bridgehead atoms. The molecule has 1 atom stereocenters. The Labute approximate surface area is 244 Å². The van der Waals surface area contributed by atoms with Crippen molar-refractivity contribution < 1.29 is 9.53 Å². The minimum Gasteiger partial charge on any atom is -0.485 e. The van der Waals surface area contributed by atoms with Gasteiger partial charge < -0.3 is 15.5 Å². The van der Waals surface area contributed by atoms with Crippen LogP contribution in [0.5, 0.6) is 5.75 Å². The molecule has 7 nitrogen and oxygen atoms in total. The monoisotopic (exact) mass is 552 g/mol. The Morgan fingerprint density at radius 2 is 1.95 bits per heavy atom. The second-order valence-corrected chi connectivity index (χ2v) is 12.5. The van der Waals surface area contributed by atoms with Crippen LogP contribution in [-0.2, 0) is 17.9 Å². The highest BCUT2D eigenvalue weighted by molar-refractivity contribution is 6.07. The lowest BCUT2D eigenvalue weighted by atomic mass is 9.67. The average Bonchev–Trinajstić information content (AvgIpc) is 3.77. The van der Waals surface area contributed by atoms with Crippen molar-refractivity contribution in [3.63, 3.8) is 0 Å². The number of pyridine rings is 1. The third-order valence-corrected chi connectivity index (χ3v) is 8.45. The van der Waals surface area contributed by atoms with Crippen molar-refractivity contribution in [1.82, 2.24) is 9.88 Å². The van der Waals surface area contributed by atoms with Gasteiger partial charge in [-0.25, -0.2) is 0 Å². The highest BCUT2D eigenvalue weighted by atomic mass is 16.5. The Morgan fingerprint density at radius 3 is 2.63 bits per heavy atom. The first-order chi connectivity index (χ1) is 19.4. The zero-order chi connectivity index (χ0) is 29.5. The summed E-state index contributed by atoms with van der Waals surface area (Å²) in [5.41, 5.74) is 11.0. The summed E-state index contributed by atoms with van der Waals surface area (Å²) in [7, 11) is 1.88. The van der Waals surface area contributed by atoms with E-state index in [1.54, 1.807) is 0 Å². The third-order valence-electron chi connectivity index (χ3n) is 8.45. The first kappa shape index (κ1) is 28.8. The Morgan fingerprint density at radius 1 is 1.20 bits per heavy atom. The number of hydrazine groups is 1. The summed E-state index contributed by atoms with van der Waals surface area (Å²) in [4.78, 5) is 20.7. The number of anilines is 2. The van der Waals surface area contributed by atoms with Crippen LogP contribution in [0, 0.1) is 25.7 Å². The molecule has 215 valence electrons. The van der Waals surface area contributed by atoms with Gasteiger partial charge in [0.05, 0.1) is 17.1 Å². The zero-order valence-electron chi connectivity index (χ0n) is 25.3. The van der Waals surface area contributed by atoms with E-state index in [1.807, 2.05) is 43.9 Å². The van der Waals surface area contributed by atoms with Crippen LogP contribution in [0.1, 0.15) is 67.1 Å². The number of nitrogen functional groups attached to an aromatic ring is 1. The van der Waals surface area contributed by atoms with E-state index < -0.39 is 5.41 Å². The molecule has 2 heterocycles. The van der Waals surface area contributed by atoms with Crippen LogP contribution in [0.3, 0.4) is 0 Å². The fraction of sp³-hybridized carbons (Fsp3) is 0.382. The molecule has 0 saturated carbocycles. The molecule has 0 spiro atoms. The number of rotatable bonds is 9. The number of allylic oxidation sites excluding steroid dienone is 2. The zero-order valence-corrected chi connectivity index (χ0v) is 25.3. The van der Waals surface area contributed by atoms with Gasteiger partial charge in [-0.15, -0.1) is 0 Å². The number of nitrogens with zero attached hydrogens (tertiary/aromatic N) is 2. The summed E-state index contributed by atoms with van der Waals surface area (Å²) in [5.74, 6) is 6.80. The molecule has 41 heavy (non-hydrogen) atoms. The Bertz CT molecular complexity index is 1510. The number of ether oxygens (including phenoxy) is 1. The van der Waals surface area contributed by atoms with Gasteiger partial charge in [0.2, 0.25) is 0 Å². The van der Waals surface area contributed by atoms with Crippen LogP contribution in [-0.4, -0.2) is 34.9 Å². The minimum absolute atomic E-state index is 0.151. The van der Waals surface area contributed by atoms with E-state index in [4.69, 9.17) is 10.6 Å². The standard InChI is InChI=1S/C34H42N5O2/c1-21-10-11-24(17-25(21)18-39-19-28-29(9-8-16-37-28)41-33(3,4)20-39)30(34(5,6)32(40)23-12-13-23)26-14-15-27(36-7)31(38-35)22(26)2/h8-17,30,36,38H,18-20,35H2,1-7H3/t30-/m0/s1. The summed E-state index contributed by atoms with van der Waals surface area (Å²) >= 11 is 0. The van der Waals surface area contributed by atoms with E-state index in [-0.39, 0.29) is 17.3 Å². The first-order valence-corrected chi connectivity index (χ1v) is 14.3. The maximum Gasteiger partial charge on any atom is 0.165 e. The van der Waals surface area contributed by atoms with E-state index in [0.717, 1.165) is 58.2 Å². The number of nitrogens with one attached hydrogen (secondary N) is 2. The Hall–Kier alpha value is -3.68. The molecule has 2 aromatic carbocycles. The van der Waals surface area contributed by atoms with Crippen molar-refractivity contribution in [2.45, 2.75) is 66.2 Å². The predicted molar refractivity (Wildman–Crippen MR) is 166 cm³/mol. The number of benzene rings is 2. The predicted octanol–water partition coefficient (Wildman–Crippen LogP) is 6.07. The number of carbonyl (C=O) groups is 1. The number of ketones is 1. The molecule has 1 aliphatic heterocycles. The summed E-state index contributed by atoms with van der Waals surface area (Å²) in [5, 5.41) is 3.22. The van der Waals surface area contributed by atoms with Crippen molar-refractivity contribution in [2.24, 2.45) is 11.3 Å². The molecule has 2 aliphatic rings. The normalized spacial score (nSPS) is 17.0. The lowest BCUT2D eigenvalue weighted by molar-refractivity contribution is -0.123. The molecular weight excluding hydrogens is 510 g/mol. The number of hydrogen-bond acceptors (Lipinski definition) is 7. The summed E-state index contributed by atoms with van der Waals surface area (Å²) in [6, 6.07) is 14.7. The number of aromatic nitrogens is 1. The molecule has 0 fully saturated rings. The summed E-state index contributed by atoms with van der Waals surface area (Å²) in [6.07, 6.45) is 5.63. The van der Waals surface area contributed by atoms with Gasteiger partial charge in [0, 0.05) is 56.2 Å². The number of nitrogens with two attached hydrogens (primary N) is 1. The van der Waals surface area contributed by atoms with Gasteiger partial charge in [-0.05, 0) is 73.7 Å². The second-order valence-electron chi connectivity index (χ2n) is 12.5. The van der Waals surface area contributed by atoms with E-state index in [0.29, 0.717) is 6.54 Å². The van der Waals surface area contributed by atoms with E-state index in [9.17, 15) is 4.79 Å². The summed E-state index contributed by atoms with van der Waals surface area (Å²) < 4.78 is 6.34. The number of fused-ring (bicyclic) bond motifs is 1. The van der Waals surface area contributed by atoms with Gasteiger partial charge in [-0.1, -0.05) is 44.2 Å². The second kappa shape index (κ2) is 11.0. The molecule has 1 aliphatic carbocycles. The van der Waals surface area contributed by atoms with Crippen molar-refractivity contribution >= 4 is 17.2 Å². The molecule has 1 radical (unpaired) electrons. The maximum atomic E-state index is 13.7. The number of aryl methyl sites for hydroxylation is 1. The van der Waals surface area contributed by atoms with Gasteiger partial charge in [-0.2, -0.15) is 0 Å². The van der Waals surface area contributed by atoms with Crippen LogP contribution in [0.15, 0.2) is 60.3 Å². The quantitative estimate of drug-likeness (QED) is 0.219. The largest absolute Gasteiger partial charge is 0.485 e. The molecule has 0 unspecified atom stereocenters. The van der Waals surface area contributed by atoms with Gasteiger partial charge in [0.15, 0.2) is 5.78 Å². The van der Waals surface area contributed by atoms with Gasteiger partial charge >= 0.3 is 0 Å². The Balaban J connectivity index is 1.58. The summed E-state index contributed by atoms with van der Waals surface area (Å²) in [6.45, 7) is 14.8. The molecular formula is C34H42N5O2. The number of carbonyl (C=O) groups excluding carboxylic acids is 1. The van der Waals surface area contributed by atoms with Crippen LogP contribution >= 0.6 is 0 Å². The fourth-order valence-corrected chi connectivity index (χ4v) is 6.28. The number of Topliss-reactive ketones (excluding diaryl/α,β-unsaturated/α-hetero) is 1. The molecule has 3 aromatic rings. The van der Waals surface area contributed by atoms with Crippen LogP contribution in [0.4, 0.5) is 11.4 Å². The van der Waals surface area contributed by atoms with Crippen LogP contribution in [0.2, 0.25) is 0 Å². The molecule has 7 heteroatoms. The first-order valence-electron chi connectivity index (χ1n) is 14.3. The number of hydrogen-bond donors (Lipinski definition) is 3. The van der Waals surface area contributed by atoms with E-state index >= 15 is 0 Å². The average molecular weight is 553 g/mol. The van der Waals surface area contributed by atoms with E-state index in [1.165, 1.54) is 11.1 Å². The maximum absolute atomic E-state index is 13.7. The van der Waals surface area contributed by atoms with Crippen molar-refractivity contribution in [3.05, 3.63) is 100 Å². The molecule has 4 N–H and O–H groups in total. The highest BCUT2D eigenvalue weighted by Crippen LogP contribution is 2.48. The van der Waals surface area contributed by atoms with Crippen molar-refractivity contribution in [3.8, 4) is 5.75 Å². The minimum atomic E-state index is -0.690. The smallest absolute Gasteiger partial charge is 0.165 e. The lowest BCUT2D eigenvalue weighted by Gasteiger charge is -2.36. The van der Waals surface area contributed by atoms with Crippen molar-refractivity contribution in [2.75, 3.05) is 24.3 Å². The Kier molecular flexibility index (Phi) is 7.70. The molecule has 1 aromatic heterocycles. The van der Waals surface area contributed by atoms with Gasteiger partial charge in [0.1, 0.15) is 11.4 Å². The highest BCUT2D eigenvalue weighted by Gasteiger charge is 2.42. The SMILES string of the molecule is CNc1ccc([C@H](c2ccc(C)c(CN3Cc4ncccc4OC(C)(C)C3)c2)C(C)(C)C(=O)C2=C[CH]2)c(C)c1NN. The third kappa shape index (κ3) is 5.74. The lowest BCUT2D eigenvalue weighted by Crippen LogP contribution is -2.40. The molecule has 5 rings (SSSR count). The van der Waals surface area contributed by atoms with Crippen molar-refractivity contribution in [1.29, 1.82) is 0 Å². The van der Waals surface area contributed by atoms with Crippen LogP contribution < -0.4 is 21.3 Å². The molecule has 0 amide bonds. The topological polar surface area (TPSA) is 92.5 Å². The molecule has 0 saturated heterocycles.